The number of Topliss-reactive ketones (excluding diaryl/α,β-unsaturated/α-hetero) is 1. The molecule has 0 radical (unpaired) electrons. The van der Waals surface area contributed by atoms with Gasteiger partial charge in [0.25, 0.3) is 0 Å². The fourth-order valence-electron chi connectivity index (χ4n) is 1.56. The predicted molar refractivity (Wildman–Crippen MR) is 69.1 cm³/mol. The molecule has 0 fully saturated rings. The van der Waals surface area contributed by atoms with E-state index in [1.165, 1.54) is 6.92 Å². The van der Waals surface area contributed by atoms with Crippen LogP contribution in [0.15, 0.2) is 22.7 Å². The Bertz CT molecular complexity index is 427. The summed E-state index contributed by atoms with van der Waals surface area (Å²) in [7, 11) is 0. The Morgan fingerprint density at radius 2 is 2.06 bits per heavy atom. The van der Waals surface area contributed by atoms with Crippen molar-refractivity contribution in [3.05, 3.63) is 33.8 Å². The highest BCUT2D eigenvalue weighted by atomic mass is 79.9. The Labute approximate surface area is 109 Å². The second kappa shape index (κ2) is 6.55. The number of hydrogen-bond donors (Lipinski definition) is 0. The summed E-state index contributed by atoms with van der Waals surface area (Å²) in [5.41, 5.74) is 1.54. The SMILES string of the molecule is CCOC(=O)CCc1ccc(Br)cc1C(C)=O. The number of ether oxygens (including phenoxy) is 1. The van der Waals surface area contributed by atoms with Crippen molar-refractivity contribution < 1.29 is 14.3 Å². The van der Waals surface area contributed by atoms with Gasteiger partial charge in [-0.2, -0.15) is 0 Å². The van der Waals surface area contributed by atoms with Gasteiger partial charge in [-0.05, 0) is 38.0 Å². The fourth-order valence-corrected chi connectivity index (χ4v) is 1.93. The van der Waals surface area contributed by atoms with E-state index in [9.17, 15) is 9.59 Å². The molecule has 0 spiro atoms. The van der Waals surface area contributed by atoms with Gasteiger partial charge in [-0.25, -0.2) is 0 Å². The summed E-state index contributed by atoms with van der Waals surface area (Å²) < 4.78 is 5.72. The molecule has 17 heavy (non-hydrogen) atoms. The third-order valence-electron chi connectivity index (χ3n) is 2.35. The Balaban J connectivity index is 2.77. The minimum atomic E-state index is -0.232. The Morgan fingerprint density at radius 3 is 2.65 bits per heavy atom. The zero-order valence-electron chi connectivity index (χ0n) is 9.96. The highest BCUT2D eigenvalue weighted by Crippen LogP contribution is 2.18. The predicted octanol–water partition coefficient (Wildman–Crippen LogP) is 3.15. The number of halogens is 1. The largest absolute Gasteiger partial charge is 0.466 e. The molecule has 4 heteroatoms. The van der Waals surface area contributed by atoms with Gasteiger partial charge in [0.15, 0.2) is 5.78 Å². The van der Waals surface area contributed by atoms with Crippen LogP contribution in [0, 0.1) is 0 Å². The van der Waals surface area contributed by atoms with Crippen molar-refractivity contribution in [3.63, 3.8) is 0 Å². The van der Waals surface area contributed by atoms with Crippen molar-refractivity contribution >= 4 is 27.7 Å². The molecule has 0 aliphatic heterocycles. The summed E-state index contributed by atoms with van der Waals surface area (Å²) in [5, 5.41) is 0. The van der Waals surface area contributed by atoms with Crippen molar-refractivity contribution in [3.8, 4) is 0 Å². The Morgan fingerprint density at radius 1 is 1.35 bits per heavy atom. The van der Waals surface area contributed by atoms with Gasteiger partial charge >= 0.3 is 5.97 Å². The zero-order chi connectivity index (χ0) is 12.8. The van der Waals surface area contributed by atoms with Gasteiger partial charge in [0.05, 0.1) is 6.61 Å². The van der Waals surface area contributed by atoms with E-state index in [4.69, 9.17) is 4.74 Å². The van der Waals surface area contributed by atoms with Crippen LogP contribution >= 0.6 is 15.9 Å². The standard InChI is InChI=1S/C13H15BrO3/c1-3-17-13(16)7-5-10-4-6-11(14)8-12(10)9(2)15/h4,6,8H,3,5,7H2,1-2H3. The number of carbonyl (C=O) groups excluding carboxylic acids is 2. The molecule has 0 saturated heterocycles. The van der Waals surface area contributed by atoms with E-state index in [0.717, 1.165) is 10.0 Å². The van der Waals surface area contributed by atoms with Gasteiger partial charge in [0.2, 0.25) is 0 Å². The van der Waals surface area contributed by atoms with Crippen LogP contribution < -0.4 is 0 Å². The lowest BCUT2D eigenvalue weighted by atomic mass is 10.0. The average molecular weight is 299 g/mol. The van der Waals surface area contributed by atoms with Crippen LogP contribution in [0.2, 0.25) is 0 Å². The molecule has 0 N–H and O–H groups in total. The maximum absolute atomic E-state index is 11.5. The summed E-state index contributed by atoms with van der Waals surface area (Å²) >= 11 is 3.33. The van der Waals surface area contributed by atoms with E-state index in [2.05, 4.69) is 15.9 Å². The minimum absolute atomic E-state index is 0.00478. The molecule has 1 aromatic carbocycles. The molecule has 3 nitrogen and oxygen atoms in total. The number of aryl methyl sites for hydroxylation is 1. The minimum Gasteiger partial charge on any atom is -0.466 e. The number of benzene rings is 1. The molecular formula is C13H15BrO3. The molecule has 0 unspecified atom stereocenters. The van der Waals surface area contributed by atoms with E-state index < -0.39 is 0 Å². The molecule has 0 saturated carbocycles. The number of hydrogen-bond acceptors (Lipinski definition) is 3. The number of rotatable bonds is 5. The summed E-state index contributed by atoms with van der Waals surface area (Å²) in [4.78, 5) is 22.7. The summed E-state index contributed by atoms with van der Waals surface area (Å²) in [6.45, 7) is 3.69. The number of esters is 1. The summed E-state index contributed by atoms with van der Waals surface area (Å²) in [6, 6.07) is 5.51. The van der Waals surface area contributed by atoms with Gasteiger partial charge in [-0.3, -0.25) is 9.59 Å². The van der Waals surface area contributed by atoms with Crippen LogP contribution in [-0.4, -0.2) is 18.4 Å². The van der Waals surface area contributed by atoms with Crippen LogP contribution in [0.1, 0.15) is 36.2 Å². The maximum Gasteiger partial charge on any atom is 0.306 e. The molecule has 1 rings (SSSR count). The molecule has 0 aliphatic carbocycles. The molecule has 0 bridgehead atoms. The van der Waals surface area contributed by atoms with Crippen LogP contribution in [0.5, 0.6) is 0 Å². The van der Waals surface area contributed by atoms with Crippen LogP contribution in [-0.2, 0) is 16.0 Å². The van der Waals surface area contributed by atoms with Crippen molar-refractivity contribution in [1.82, 2.24) is 0 Å². The van der Waals surface area contributed by atoms with E-state index in [1.54, 1.807) is 13.0 Å². The summed E-state index contributed by atoms with van der Waals surface area (Å²) in [5.74, 6) is -0.227. The normalized spacial score (nSPS) is 10.1. The lowest BCUT2D eigenvalue weighted by molar-refractivity contribution is -0.143. The van der Waals surface area contributed by atoms with Gasteiger partial charge in [-0.1, -0.05) is 22.0 Å². The highest BCUT2D eigenvalue weighted by molar-refractivity contribution is 9.10. The van der Waals surface area contributed by atoms with E-state index in [-0.39, 0.29) is 11.8 Å². The first-order valence-electron chi connectivity index (χ1n) is 5.49. The second-order valence-electron chi connectivity index (χ2n) is 3.66. The van der Waals surface area contributed by atoms with Gasteiger partial charge in [0, 0.05) is 16.5 Å². The van der Waals surface area contributed by atoms with Gasteiger partial charge in [0.1, 0.15) is 0 Å². The van der Waals surface area contributed by atoms with Crippen molar-refractivity contribution in [2.75, 3.05) is 6.61 Å². The van der Waals surface area contributed by atoms with Crippen LogP contribution in [0.3, 0.4) is 0 Å². The molecule has 0 aromatic heterocycles. The molecular weight excluding hydrogens is 284 g/mol. The molecule has 92 valence electrons. The molecule has 0 aliphatic rings. The topological polar surface area (TPSA) is 43.4 Å². The Hall–Kier alpha value is -1.16. The quantitative estimate of drug-likeness (QED) is 0.619. The lowest BCUT2D eigenvalue weighted by Crippen LogP contribution is -2.07. The monoisotopic (exact) mass is 298 g/mol. The van der Waals surface area contributed by atoms with E-state index in [0.29, 0.717) is 25.0 Å². The van der Waals surface area contributed by atoms with E-state index >= 15 is 0 Å². The first kappa shape index (κ1) is 13.9. The molecule has 0 heterocycles. The lowest BCUT2D eigenvalue weighted by Gasteiger charge is -2.07. The van der Waals surface area contributed by atoms with Crippen molar-refractivity contribution in [2.45, 2.75) is 26.7 Å². The van der Waals surface area contributed by atoms with Crippen molar-refractivity contribution in [1.29, 1.82) is 0 Å². The molecule has 1 aromatic rings. The smallest absolute Gasteiger partial charge is 0.306 e. The highest BCUT2D eigenvalue weighted by Gasteiger charge is 2.10. The second-order valence-corrected chi connectivity index (χ2v) is 4.58. The average Bonchev–Trinajstić information content (AvgIpc) is 2.27. The number of carbonyl (C=O) groups is 2. The van der Waals surface area contributed by atoms with Gasteiger partial charge in [-0.15, -0.1) is 0 Å². The first-order valence-corrected chi connectivity index (χ1v) is 6.29. The van der Waals surface area contributed by atoms with Crippen LogP contribution in [0.25, 0.3) is 0 Å². The number of ketones is 1. The Kier molecular flexibility index (Phi) is 5.35. The summed E-state index contributed by atoms with van der Waals surface area (Å²) in [6.07, 6.45) is 0.830. The maximum atomic E-state index is 11.5. The molecule has 0 amide bonds. The van der Waals surface area contributed by atoms with Crippen molar-refractivity contribution in [2.24, 2.45) is 0 Å². The molecule has 0 atom stereocenters. The van der Waals surface area contributed by atoms with Gasteiger partial charge < -0.3 is 4.74 Å². The van der Waals surface area contributed by atoms with Crippen LogP contribution in [0.4, 0.5) is 0 Å². The van der Waals surface area contributed by atoms with E-state index in [1.807, 2.05) is 12.1 Å². The third kappa shape index (κ3) is 4.30. The zero-order valence-corrected chi connectivity index (χ0v) is 11.5. The fraction of sp³-hybridized carbons (Fsp3) is 0.385. The third-order valence-corrected chi connectivity index (χ3v) is 2.85. The first-order chi connectivity index (χ1) is 8.04.